The van der Waals surface area contributed by atoms with Gasteiger partial charge in [0.25, 0.3) is 11.8 Å². The van der Waals surface area contributed by atoms with Crippen LogP contribution in [-0.2, 0) is 20.9 Å². The van der Waals surface area contributed by atoms with E-state index in [2.05, 4.69) is 10.6 Å². The Morgan fingerprint density at radius 3 is 2.74 bits per heavy atom. The molecule has 8 nitrogen and oxygen atoms in total. The van der Waals surface area contributed by atoms with Gasteiger partial charge in [-0.1, -0.05) is 6.07 Å². The number of nitrogens with zero attached hydrogens (tertiary/aromatic N) is 1. The molecule has 2 aliphatic rings. The molecular formula is C15H15N3O5. The maximum Gasteiger partial charge on any atom is 0.255 e. The maximum atomic E-state index is 12.5. The van der Waals surface area contributed by atoms with Crippen LogP contribution in [0.5, 0.6) is 0 Å². The highest BCUT2D eigenvalue weighted by Crippen LogP contribution is 2.32. The van der Waals surface area contributed by atoms with Crippen LogP contribution in [0.2, 0.25) is 0 Å². The molecule has 1 fully saturated rings. The second-order valence-electron chi connectivity index (χ2n) is 5.57. The molecule has 0 spiro atoms. The molecule has 2 aliphatic heterocycles. The number of rotatable bonds is 2. The molecular weight excluding hydrogens is 302 g/mol. The third kappa shape index (κ3) is 2.57. The Morgan fingerprint density at radius 2 is 2.04 bits per heavy atom. The second kappa shape index (κ2) is 5.47. The Labute approximate surface area is 131 Å². The third-order valence-corrected chi connectivity index (χ3v) is 3.98. The summed E-state index contributed by atoms with van der Waals surface area (Å²) < 4.78 is 0. The Morgan fingerprint density at radius 1 is 1.30 bits per heavy atom. The molecule has 2 heterocycles. The molecule has 23 heavy (non-hydrogen) atoms. The van der Waals surface area contributed by atoms with Crippen molar-refractivity contribution in [3.05, 3.63) is 29.3 Å². The Kier molecular flexibility index (Phi) is 3.61. The molecule has 0 bridgehead atoms. The number of imide groups is 1. The van der Waals surface area contributed by atoms with Crippen molar-refractivity contribution in [2.75, 3.05) is 5.32 Å². The molecule has 3 rings (SSSR count). The highest BCUT2D eigenvalue weighted by molar-refractivity contribution is 6.07. The van der Waals surface area contributed by atoms with Crippen LogP contribution in [0, 0.1) is 0 Å². The summed E-state index contributed by atoms with van der Waals surface area (Å²) in [7, 11) is 0. The van der Waals surface area contributed by atoms with Crippen molar-refractivity contribution in [2.24, 2.45) is 0 Å². The van der Waals surface area contributed by atoms with Crippen molar-refractivity contribution in [3.8, 4) is 0 Å². The van der Waals surface area contributed by atoms with Crippen LogP contribution in [0.3, 0.4) is 0 Å². The van der Waals surface area contributed by atoms with Gasteiger partial charge in [-0.3, -0.25) is 24.5 Å². The van der Waals surface area contributed by atoms with Crippen molar-refractivity contribution in [1.29, 1.82) is 0 Å². The van der Waals surface area contributed by atoms with E-state index in [1.165, 1.54) is 11.8 Å². The summed E-state index contributed by atoms with van der Waals surface area (Å²) in [6, 6.07) is 4.01. The minimum Gasteiger partial charge on any atom is -0.383 e. The fourth-order valence-corrected chi connectivity index (χ4v) is 2.90. The molecule has 120 valence electrons. The van der Waals surface area contributed by atoms with Crippen molar-refractivity contribution >= 4 is 29.3 Å². The van der Waals surface area contributed by atoms with Gasteiger partial charge >= 0.3 is 0 Å². The third-order valence-electron chi connectivity index (χ3n) is 3.98. The number of piperidine rings is 1. The quantitative estimate of drug-likeness (QED) is 0.629. The number of carbonyl (C=O) groups is 4. The maximum absolute atomic E-state index is 12.5. The van der Waals surface area contributed by atoms with Gasteiger partial charge in [-0.2, -0.15) is 0 Å². The van der Waals surface area contributed by atoms with Gasteiger partial charge in [0.1, 0.15) is 12.1 Å². The van der Waals surface area contributed by atoms with E-state index in [1.807, 2.05) is 0 Å². The molecule has 0 saturated carbocycles. The van der Waals surface area contributed by atoms with Crippen LogP contribution in [0.4, 0.5) is 5.69 Å². The van der Waals surface area contributed by atoms with E-state index in [-0.39, 0.29) is 24.8 Å². The van der Waals surface area contributed by atoms with Gasteiger partial charge in [-0.25, -0.2) is 0 Å². The number of aliphatic hydroxyl groups is 1. The molecule has 2 atom stereocenters. The number of amides is 4. The van der Waals surface area contributed by atoms with E-state index < -0.39 is 24.0 Å². The predicted octanol–water partition coefficient (Wildman–Crippen LogP) is -0.623. The molecule has 2 unspecified atom stereocenters. The number of benzene rings is 1. The number of hydrogen-bond donors (Lipinski definition) is 3. The molecule has 0 aromatic heterocycles. The zero-order valence-electron chi connectivity index (χ0n) is 12.3. The molecule has 1 saturated heterocycles. The summed E-state index contributed by atoms with van der Waals surface area (Å²) in [5.41, 5.74) is 1.53. The van der Waals surface area contributed by atoms with Gasteiger partial charge in [-0.15, -0.1) is 0 Å². The Balaban J connectivity index is 1.90. The first kappa shape index (κ1) is 15.2. The lowest BCUT2D eigenvalue weighted by Gasteiger charge is -2.31. The fraction of sp³-hybridized carbons (Fsp3) is 0.333. The number of carbonyl (C=O) groups excluding carboxylic acids is 4. The van der Waals surface area contributed by atoms with Gasteiger partial charge in [-0.05, 0) is 12.1 Å². The number of nitrogens with one attached hydrogen (secondary N) is 2. The number of anilines is 1. The van der Waals surface area contributed by atoms with Crippen LogP contribution < -0.4 is 10.6 Å². The van der Waals surface area contributed by atoms with Gasteiger partial charge in [0.05, 0.1) is 0 Å². The van der Waals surface area contributed by atoms with Gasteiger partial charge in [0.15, 0.2) is 0 Å². The van der Waals surface area contributed by atoms with Crippen LogP contribution in [0.25, 0.3) is 0 Å². The van der Waals surface area contributed by atoms with E-state index in [9.17, 15) is 24.3 Å². The number of aliphatic hydroxyl groups excluding tert-OH is 1. The van der Waals surface area contributed by atoms with E-state index in [0.29, 0.717) is 16.8 Å². The van der Waals surface area contributed by atoms with Crippen molar-refractivity contribution in [3.63, 3.8) is 0 Å². The molecule has 0 radical (unpaired) electrons. The van der Waals surface area contributed by atoms with Crippen LogP contribution in [0.1, 0.15) is 29.3 Å². The average molecular weight is 317 g/mol. The fourth-order valence-electron chi connectivity index (χ4n) is 2.90. The summed E-state index contributed by atoms with van der Waals surface area (Å²) in [4.78, 5) is 48.4. The van der Waals surface area contributed by atoms with Crippen LogP contribution in [0.15, 0.2) is 18.2 Å². The SMILES string of the molecule is CC(=O)Nc1cccc2c1CN(C1CC(O)C(=O)NC1=O)C2=O. The molecule has 4 amide bonds. The van der Waals surface area contributed by atoms with Crippen molar-refractivity contribution in [1.82, 2.24) is 10.2 Å². The molecule has 0 aliphatic carbocycles. The Hall–Kier alpha value is -2.74. The summed E-state index contributed by atoms with van der Waals surface area (Å²) in [6.45, 7) is 1.49. The second-order valence-corrected chi connectivity index (χ2v) is 5.57. The first-order chi connectivity index (χ1) is 10.9. The molecule has 1 aromatic rings. The number of hydrogen-bond acceptors (Lipinski definition) is 5. The highest BCUT2D eigenvalue weighted by atomic mass is 16.3. The lowest BCUT2D eigenvalue weighted by molar-refractivity contribution is -0.144. The standard InChI is InChI=1S/C15H15N3O5/c1-7(19)16-10-4-2-3-8-9(10)6-18(15(8)23)11-5-12(20)14(22)17-13(11)21/h2-4,11-12,20H,5-6H2,1H3,(H,16,19)(H,17,21,22). The smallest absolute Gasteiger partial charge is 0.255 e. The zero-order chi connectivity index (χ0) is 16.7. The van der Waals surface area contributed by atoms with Gasteiger partial charge in [0, 0.05) is 36.7 Å². The van der Waals surface area contributed by atoms with Crippen molar-refractivity contribution in [2.45, 2.75) is 32.0 Å². The normalized spacial score (nSPS) is 23.6. The lowest BCUT2D eigenvalue weighted by Crippen LogP contribution is -2.57. The summed E-state index contributed by atoms with van der Waals surface area (Å²) >= 11 is 0. The molecule has 3 N–H and O–H groups in total. The molecule has 8 heteroatoms. The minimum atomic E-state index is -1.33. The predicted molar refractivity (Wildman–Crippen MR) is 78.2 cm³/mol. The highest BCUT2D eigenvalue weighted by Gasteiger charge is 2.42. The van der Waals surface area contributed by atoms with Crippen LogP contribution >= 0.6 is 0 Å². The van der Waals surface area contributed by atoms with E-state index in [4.69, 9.17) is 0 Å². The molecule has 1 aromatic carbocycles. The van der Waals surface area contributed by atoms with Crippen molar-refractivity contribution < 1.29 is 24.3 Å². The van der Waals surface area contributed by atoms with Crippen LogP contribution in [-0.4, -0.2) is 45.8 Å². The Bertz CT molecular complexity index is 730. The van der Waals surface area contributed by atoms with E-state index in [0.717, 1.165) is 0 Å². The summed E-state index contributed by atoms with van der Waals surface area (Å²) in [5.74, 6) is -1.99. The van der Waals surface area contributed by atoms with Gasteiger partial charge < -0.3 is 15.3 Å². The summed E-state index contributed by atoms with van der Waals surface area (Å²) in [6.07, 6.45) is -1.47. The zero-order valence-corrected chi connectivity index (χ0v) is 12.3. The first-order valence-corrected chi connectivity index (χ1v) is 7.11. The van der Waals surface area contributed by atoms with E-state index in [1.54, 1.807) is 18.2 Å². The number of fused-ring (bicyclic) bond motifs is 1. The largest absolute Gasteiger partial charge is 0.383 e. The average Bonchev–Trinajstić information content (AvgIpc) is 2.81. The lowest BCUT2D eigenvalue weighted by atomic mass is 10.0. The first-order valence-electron chi connectivity index (χ1n) is 7.11. The van der Waals surface area contributed by atoms with E-state index >= 15 is 0 Å². The minimum absolute atomic E-state index is 0.129. The summed E-state index contributed by atoms with van der Waals surface area (Å²) in [5, 5.41) is 14.4. The monoisotopic (exact) mass is 317 g/mol. The topological polar surface area (TPSA) is 116 Å². The van der Waals surface area contributed by atoms with Gasteiger partial charge in [0.2, 0.25) is 11.8 Å².